The Morgan fingerprint density at radius 2 is 2.29 bits per heavy atom. The van der Waals surface area contributed by atoms with Gasteiger partial charge in [0, 0.05) is 24.1 Å². The maximum atomic E-state index is 14.1. The number of ether oxygens (including phenoxy) is 1. The van der Waals surface area contributed by atoms with Gasteiger partial charge in [0.05, 0.1) is 6.61 Å². The number of aryl methyl sites for hydroxylation is 1. The number of nitrogens with one attached hydrogen (secondary N) is 1. The number of hydrogen-bond acceptors (Lipinski definition) is 2. The van der Waals surface area contributed by atoms with Crippen LogP contribution < -0.4 is 5.32 Å². The third kappa shape index (κ3) is 2.67. The zero-order chi connectivity index (χ0) is 12.3. The lowest BCUT2D eigenvalue weighted by Crippen LogP contribution is -2.32. The summed E-state index contributed by atoms with van der Waals surface area (Å²) in [6.07, 6.45) is 2.16. The number of rotatable bonds is 3. The molecular formula is C14H20FNO. The third-order valence-electron chi connectivity index (χ3n) is 3.53. The summed E-state index contributed by atoms with van der Waals surface area (Å²) in [4.78, 5) is 0. The minimum Gasteiger partial charge on any atom is -0.381 e. The van der Waals surface area contributed by atoms with Crippen LogP contribution in [-0.2, 0) is 4.74 Å². The Hall–Kier alpha value is -0.930. The molecule has 0 amide bonds. The molecule has 1 aromatic rings. The van der Waals surface area contributed by atoms with Crippen LogP contribution in [0.2, 0.25) is 0 Å². The average Bonchev–Trinajstić information content (AvgIpc) is 2.37. The Morgan fingerprint density at radius 3 is 2.94 bits per heavy atom. The lowest BCUT2D eigenvalue weighted by Gasteiger charge is -2.30. The quantitative estimate of drug-likeness (QED) is 0.872. The van der Waals surface area contributed by atoms with Gasteiger partial charge in [0.2, 0.25) is 0 Å². The molecular weight excluding hydrogens is 217 g/mol. The molecule has 2 unspecified atom stereocenters. The van der Waals surface area contributed by atoms with Crippen LogP contribution in [0.3, 0.4) is 0 Å². The van der Waals surface area contributed by atoms with Crippen molar-refractivity contribution in [3.8, 4) is 0 Å². The summed E-state index contributed by atoms with van der Waals surface area (Å²) in [5.41, 5.74) is 1.47. The second-order valence-electron chi connectivity index (χ2n) is 4.72. The van der Waals surface area contributed by atoms with Crippen LogP contribution in [0.4, 0.5) is 4.39 Å². The van der Waals surface area contributed by atoms with Gasteiger partial charge in [-0.3, -0.25) is 0 Å². The Bertz CT molecular complexity index is 374. The van der Waals surface area contributed by atoms with Gasteiger partial charge in [0.25, 0.3) is 0 Å². The highest BCUT2D eigenvalue weighted by Crippen LogP contribution is 2.30. The molecule has 1 aliphatic heterocycles. The van der Waals surface area contributed by atoms with E-state index in [9.17, 15) is 4.39 Å². The molecule has 2 atom stereocenters. The van der Waals surface area contributed by atoms with Gasteiger partial charge < -0.3 is 10.1 Å². The van der Waals surface area contributed by atoms with Crippen molar-refractivity contribution in [2.45, 2.75) is 25.8 Å². The molecule has 2 rings (SSSR count). The molecule has 0 aliphatic carbocycles. The first-order valence-electron chi connectivity index (χ1n) is 6.24. The molecule has 0 radical (unpaired) electrons. The Morgan fingerprint density at radius 1 is 1.47 bits per heavy atom. The molecule has 0 spiro atoms. The molecule has 1 N–H and O–H groups in total. The highest BCUT2D eigenvalue weighted by molar-refractivity contribution is 5.28. The third-order valence-corrected chi connectivity index (χ3v) is 3.53. The van der Waals surface area contributed by atoms with Crippen molar-refractivity contribution in [2.75, 3.05) is 20.3 Å². The second-order valence-corrected chi connectivity index (χ2v) is 4.72. The first-order chi connectivity index (χ1) is 8.24. The van der Waals surface area contributed by atoms with Crippen molar-refractivity contribution in [1.29, 1.82) is 0 Å². The highest BCUT2D eigenvalue weighted by Gasteiger charge is 2.26. The lowest BCUT2D eigenvalue weighted by molar-refractivity contribution is 0.0397. The van der Waals surface area contributed by atoms with E-state index >= 15 is 0 Å². The Kier molecular flexibility index (Phi) is 4.13. The highest BCUT2D eigenvalue weighted by atomic mass is 19.1. The molecule has 0 saturated carbocycles. The fourth-order valence-corrected chi connectivity index (χ4v) is 2.58. The molecule has 1 saturated heterocycles. The summed E-state index contributed by atoms with van der Waals surface area (Å²) < 4.78 is 19.6. The maximum Gasteiger partial charge on any atom is 0.130 e. The first-order valence-corrected chi connectivity index (χ1v) is 6.24. The molecule has 1 heterocycles. The van der Waals surface area contributed by atoms with Crippen molar-refractivity contribution in [1.82, 2.24) is 5.32 Å². The molecule has 0 bridgehead atoms. The van der Waals surface area contributed by atoms with E-state index in [2.05, 4.69) is 5.32 Å². The van der Waals surface area contributed by atoms with Gasteiger partial charge in [-0.25, -0.2) is 4.39 Å². The van der Waals surface area contributed by atoms with Gasteiger partial charge in [-0.2, -0.15) is 0 Å². The summed E-state index contributed by atoms with van der Waals surface area (Å²) in [7, 11) is 1.89. The standard InChI is InChI=1S/C14H20FNO/c1-10-5-3-7-12(13(10)15)14(16-2)11-6-4-8-17-9-11/h3,5,7,11,14,16H,4,6,8-9H2,1-2H3. The fourth-order valence-electron chi connectivity index (χ4n) is 2.58. The van der Waals surface area contributed by atoms with Gasteiger partial charge >= 0.3 is 0 Å². The van der Waals surface area contributed by atoms with Crippen LogP contribution in [0.25, 0.3) is 0 Å². The van der Waals surface area contributed by atoms with Crippen LogP contribution in [0.1, 0.15) is 30.0 Å². The van der Waals surface area contributed by atoms with Crippen molar-refractivity contribution >= 4 is 0 Å². The molecule has 2 nitrogen and oxygen atoms in total. The summed E-state index contributed by atoms with van der Waals surface area (Å²) in [5.74, 6) is 0.280. The number of halogens is 1. The summed E-state index contributed by atoms with van der Waals surface area (Å²) in [5, 5.41) is 3.24. The van der Waals surface area contributed by atoms with E-state index in [1.54, 1.807) is 0 Å². The van der Waals surface area contributed by atoms with Crippen molar-refractivity contribution in [3.05, 3.63) is 35.1 Å². The Balaban J connectivity index is 2.24. The number of benzene rings is 1. The van der Waals surface area contributed by atoms with Crippen LogP contribution in [0.15, 0.2) is 18.2 Å². The molecule has 1 aromatic carbocycles. The first kappa shape index (κ1) is 12.5. The predicted molar refractivity (Wildman–Crippen MR) is 66.5 cm³/mol. The van der Waals surface area contributed by atoms with E-state index in [1.807, 2.05) is 32.2 Å². The van der Waals surface area contributed by atoms with Crippen LogP contribution >= 0.6 is 0 Å². The zero-order valence-electron chi connectivity index (χ0n) is 10.5. The van der Waals surface area contributed by atoms with Crippen molar-refractivity contribution in [3.63, 3.8) is 0 Å². The second kappa shape index (κ2) is 5.61. The fraction of sp³-hybridized carbons (Fsp3) is 0.571. The number of hydrogen-bond donors (Lipinski definition) is 1. The molecule has 1 fully saturated rings. The molecule has 1 aliphatic rings. The van der Waals surface area contributed by atoms with E-state index in [-0.39, 0.29) is 11.9 Å². The molecule has 94 valence electrons. The monoisotopic (exact) mass is 237 g/mol. The molecule has 3 heteroatoms. The zero-order valence-corrected chi connectivity index (χ0v) is 10.5. The van der Waals surface area contributed by atoms with Crippen molar-refractivity contribution < 1.29 is 9.13 Å². The van der Waals surface area contributed by atoms with Crippen LogP contribution in [0, 0.1) is 18.7 Å². The SMILES string of the molecule is CNC(c1cccc(C)c1F)C1CCCOC1. The minimum atomic E-state index is -0.0857. The van der Waals surface area contributed by atoms with E-state index in [1.165, 1.54) is 0 Å². The lowest BCUT2D eigenvalue weighted by atomic mass is 9.88. The van der Waals surface area contributed by atoms with E-state index < -0.39 is 0 Å². The van der Waals surface area contributed by atoms with Gasteiger partial charge in [-0.05, 0) is 32.4 Å². The Labute approximate surface area is 102 Å². The van der Waals surface area contributed by atoms with Gasteiger partial charge in [0.1, 0.15) is 5.82 Å². The largest absolute Gasteiger partial charge is 0.381 e. The molecule has 17 heavy (non-hydrogen) atoms. The van der Waals surface area contributed by atoms with Crippen LogP contribution in [-0.4, -0.2) is 20.3 Å². The van der Waals surface area contributed by atoms with Crippen LogP contribution in [0.5, 0.6) is 0 Å². The minimum absolute atomic E-state index is 0.0511. The van der Waals surface area contributed by atoms with E-state index in [0.717, 1.165) is 31.6 Å². The summed E-state index contributed by atoms with van der Waals surface area (Å²) in [6, 6.07) is 5.65. The maximum absolute atomic E-state index is 14.1. The van der Waals surface area contributed by atoms with E-state index in [4.69, 9.17) is 4.74 Å². The van der Waals surface area contributed by atoms with Gasteiger partial charge in [0.15, 0.2) is 0 Å². The summed E-state index contributed by atoms with van der Waals surface area (Å²) in [6.45, 7) is 3.37. The topological polar surface area (TPSA) is 21.3 Å². The van der Waals surface area contributed by atoms with Crippen molar-refractivity contribution in [2.24, 2.45) is 5.92 Å². The normalized spacial score (nSPS) is 22.4. The van der Waals surface area contributed by atoms with Gasteiger partial charge in [-0.15, -0.1) is 0 Å². The predicted octanol–water partition coefficient (Wildman–Crippen LogP) is 2.82. The smallest absolute Gasteiger partial charge is 0.130 e. The van der Waals surface area contributed by atoms with E-state index in [0.29, 0.717) is 11.5 Å². The van der Waals surface area contributed by atoms with Gasteiger partial charge in [-0.1, -0.05) is 18.2 Å². The average molecular weight is 237 g/mol. The summed E-state index contributed by atoms with van der Waals surface area (Å²) >= 11 is 0. The molecule has 0 aromatic heterocycles.